The summed E-state index contributed by atoms with van der Waals surface area (Å²) in [5.74, 6) is 0.519. The van der Waals surface area contributed by atoms with Gasteiger partial charge in [0, 0.05) is 30.4 Å². The Kier molecular flexibility index (Phi) is 6.65. The largest absolute Gasteiger partial charge is 0.497 e. The Morgan fingerprint density at radius 3 is 2.44 bits per heavy atom. The maximum atomic E-state index is 12.7. The number of likely N-dealkylation sites (tertiary alicyclic amines) is 1. The van der Waals surface area contributed by atoms with Crippen molar-refractivity contribution in [3.8, 4) is 5.75 Å². The number of hydrogen-bond donors (Lipinski definition) is 2. The molecule has 3 amide bonds. The smallest absolute Gasteiger partial charge is 0.321 e. The fourth-order valence-electron chi connectivity index (χ4n) is 3.55. The van der Waals surface area contributed by atoms with Gasteiger partial charge < -0.3 is 20.3 Å². The second kappa shape index (κ2) is 9.78. The normalized spacial score (nSPS) is 15.8. The molecule has 166 valence electrons. The summed E-state index contributed by atoms with van der Waals surface area (Å²) in [6, 6.07) is 14.7. The van der Waals surface area contributed by atoms with Crippen LogP contribution in [0, 0.1) is 6.92 Å². The Labute approximate surface area is 190 Å². The molecule has 3 aromatic rings. The molecule has 4 rings (SSSR count). The molecule has 1 fully saturated rings. The van der Waals surface area contributed by atoms with Crippen LogP contribution in [-0.4, -0.2) is 47.2 Å². The van der Waals surface area contributed by atoms with Crippen LogP contribution in [0.3, 0.4) is 0 Å². The molecular formula is C23H25N5O3S. The Morgan fingerprint density at radius 2 is 1.72 bits per heavy atom. The summed E-state index contributed by atoms with van der Waals surface area (Å²) in [5.41, 5.74) is 2.55. The topological polar surface area (TPSA) is 96.4 Å². The summed E-state index contributed by atoms with van der Waals surface area (Å²) in [7, 11) is 1.60. The molecule has 0 unspecified atom stereocenters. The predicted octanol–water partition coefficient (Wildman–Crippen LogP) is 4.52. The molecule has 1 atom stereocenters. The van der Waals surface area contributed by atoms with Crippen LogP contribution < -0.4 is 15.4 Å². The molecule has 1 aliphatic rings. The van der Waals surface area contributed by atoms with Gasteiger partial charge in [0.25, 0.3) is 5.91 Å². The summed E-state index contributed by atoms with van der Waals surface area (Å²) in [6.45, 7) is 3.21. The Morgan fingerprint density at radius 1 is 1.03 bits per heavy atom. The van der Waals surface area contributed by atoms with Crippen LogP contribution in [0.25, 0.3) is 0 Å². The lowest BCUT2D eigenvalue weighted by atomic mass is 9.99. The van der Waals surface area contributed by atoms with Gasteiger partial charge in [0.2, 0.25) is 5.01 Å². The van der Waals surface area contributed by atoms with Gasteiger partial charge in [-0.25, -0.2) is 4.79 Å². The lowest BCUT2D eigenvalue weighted by Gasteiger charge is -2.31. The van der Waals surface area contributed by atoms with E-state index in [9.17, 15) is 9.59 Å². The molecule has 0 bridgehead atoms. The van der Waals surface area contributed by atoms with E-state index >= 15 is 0 Å². The summed E-state index contributed by atoms with van der Waals surface area (Å²) in [6.07, 6.45) is 1.77. The van der Waals surface area contributed by atoms with Crippen molar-refractivity contribution in [3.05, 3.63) is 64.1 Å². The van der Waals surface area contributed by atoms with E-state index in [1.54, 1.807) is 24.1 Å². The Hall–Kier alpha value is -3.46. The lowest BCUT2D eigenvalue weighted by molar-refractivity contribution is 0.102. The van der Waals surface area contributed by atoms with Gasteiger partial charge in [-0.1, -0.05) is 29.0 Å². The number of rotatable bonds is 5. The number of methoxy groups -OCH3 is 1. The van der Waals surface area contributed by atoms with Crippen molar-refractivity contribution in [1.29, 1.82) is 0 Å². The van der Waals surface area contributed by atoms with Crippen molar-refractivity contribution >= 4 is 34.6 Å². The molecule has 32 heavy (non-hydrogen) atoms. The monoisotopic (exact) mass is 451 g/mol. The fraction of sp³-hybridized carbons (Fsp3) is 0.304. The zero-order valence-corrected chi connectivity index (χ0v) is 18.8. The molecule has 0 aliphatic carbocycles. The quantitative estimate of drug-likeness (QED) is 0.595. The average Bonchev–Trinajstić information content (AvgIpc) is 3.32. The number of urea groups is 1. The molecule has 1 aromatic heterocycles. The number of hydrogen-bond acceptors (Lipinski definition) is 6. The highest BCUT2D eigenvalue weighted by molar-refractivity contribution is 7.13. The number of carbonyl (C=O) groups is 2. The van der Waals surface area contributed by atoms with E-state index < -0.39 is 0 Å². The third-order valence-electron chi connectivity index (χ3n) is 5.34. The Bertz CT molecular complexity index is 1080. The molecular weight excluding hydrogens is 426 g/mol. The van der Waals surface area contributed by atoms with Crippen molar-refractivity contribution < 1.29 is 14.3 Å². The molecule has 1 aliphatic heterocycles. The zero-order chi connectivity index (χ0) is 22.5. The highest BCUT2D eigenvalue weighted by Crippen LogP contribution is 2.30. The molecule has 8 nitrogen and oxygen atoms in total. The minimum atomic E-state index is -0.275. The standard InChI is InChI=1S/C23H25N5O3S/c1-15-5-7-17(8-6-15)24-20(29)22-27-26-21(32-22)16-4-3-13-28(14-16)23(30)25-18-9-11-19(31-2)12-10-18/h5-12,16H,3-4,13-14H2,1-2H3,(H,24,29)(H,25,30)/t16-/m1/s1. The lowest BCUT2D eigenvalue weighted by Crippen LogP contribution is -2.41. The summed E-state index contributed by atoms with van der Waals surface area (Å²) >= 11 is 1.29. The molecule has 0 radical (unpaired) electrons. The van der Waals surface area contributed by atoms with Gasteiger partial charge in [0.05, 0.1) is 7.11 Å². The van der Waals surface area contributed by atoms with E-state index in [-0.39, 0.29) is 17.9 Å². The van der Waals surface area contributed by atoms with Gasteiger partial charge in [0.1, 0.15) is 10.8 Å². The molecule has 2 aromatic carbocycles. The third-order valence-corrected chi connectivity index (χ3v) is 6.43. The van der Waals surface area contributed by atoms with Crippen LogP contribution in [0.1, 0.15) is 39.1 Å². The van der Waals surface area contributed by atoms with Crippen LogP contribution in [0.5, 0.6) is 5.75 Å². The van der Waals surface area contributed by atoms with Crippen LogP contribution in [-0.2, 0) is 0 Å². The van der Waals surface area contributed by atoms with Gasteiger partial charge in [-0.05, 0) is 56.2 Å². The first-order valence-electron chi connectivity index (χ1n) is 10.4. The number of carbonyl (C=O) groups excluding carboxylic acids is 2. The van der Waals surface area contributed by atoms with Crippen molar-refractivity contribution in [1.82, 2.24) is 15.1 Å². The molecule has 2 heterocycles. The van der Waals surface area contributed by atoms with Crippen molar-refractivity contribution in [2.45, 2.75) is 25.7 Å². The number of ether oxygens (including phenoxy) is 1. The van der Waals surface area contributed by atoms with Crippen LogP contribution >= 0.6 is 11.3 Å². The minimum Gasteiger partial charge on any atom is -0.497 e. The number of benzene rings is 2. The molecule has 2 N–H and O–H groups in total. The van der Waals surface area contributed by atoms with Crippen LogP contribution in [0.15, 0.2) is 48.5 Å². The summed E-state index contributed by atoms with van der Waals surface area (Å²) in [5, 5.41) is 15.2. The number of nitrogens with zero attached hydrogens (tertiary/aromatic N) is 3. The summed E-state index contributed by atoms with van der Waals surface area (Å²) < 4.78 is 5.15. The van der Waals surface area contributed by atoms with Crippen molar-refractivity contribution in [2.75, 3.05) is 30.8 Å². The number of anilines is 2. The van der Waals surface area contributed by atoms with Crippen LogP contribution in [0.2, 0.25) is 0 Å². The van der Waals surface area contributed by atoms with E-state index in [0.717, 1.165) is 34.8 Å². The van der Waals surface area contributed by atoms with Gasteiger partial charge in [-0.3, -0.25) is 4.79 Å². The van der Waals surface area contributed by atoms with Gasteiger partial charge in [-0.15, -0.1) is 10.2 Å². The van der Waals surface area contributed by atoms with E-state index in [2.05, 4.69) is 20.8 Å². The zero-order valence-electron chi connectivity index (χ0n) is 18.0. The molecule has 0 spiro atoms. The number of aromatic nitrogens is 2. The van der Waals surface area contributed by atoms with E-state index in [1.807, 2.05) is 43.3 Å². The maximum absolute atomic E-state index is 12.7. The SMILES string of the molecule is COc1ccc(NC(=O)N2CCC[C@@H](c3nnc(C(=O)Nc4ccc(C)cc4)s3)C2)cc1. The van der Waals surface area contributed by atoms with Gasteiger partial charge in [0.15, 0.2) is 0 Å². The van der Waals surface area contributed by atoms with E-state index in [1.165, 1.54) is 11.3 Å². The van der Waals surface area contributed by atoms with Crippen molar-refractivity contribution in [2.24, 2.45) is 0 Å². The second-order valence-corrected chi connectivity index (χ2v) is 8.72. The van der Waals surface area contributed by atoms with Gasteiger partial charge in [-0.2, -0.15) is 0 Å². The first-order chi connectivity index (χ1) is 15.5. The van der Waals surface area contributed by atoms with Crippen molar-refractivity contribution in [3.63, 3.8) is 0 Å². The maximum Gasteiger partial charge on any atom is 0.321 e. The minimum absolute atomic E-state index is 0.0591. The first-order valence-corrected chi connectivity index (χ1v) is 11.2. The highest BCUT2D eigenvalue weighted by atomic mass is 32.1. The molecule has 1 saturated heterocycles. The van der Waals surface area contributed by atoms with Gasteiger partial charge >= 0.3 is 6.03 Å². The van der Waals surface area contributed by atoms with E-state index in [4.69, 9.17) is 4.74 Å². The number of aryl methyl sites for hydroxylation is 1. The fourth-order valence-corrected chi connectivity index (χ4v) is 4.42. The first kappa shape index (κ1) is 21.8. The predicted molar refractivity (Wildman–Crippen MR) is 125 cm³/mol. The third kappa shape index (κ3) is 5.23. The number of nitrogens with one attached hydrogen (secondary N) is 2. The Balaban J connectivity index is 1.36. The molecule has 0 saturated carbocycles. The summed E-state index contributed by atoms with van der Waals surface area (Å²) in [4.78, 5) is 27.0. The number of piperidine rings is 1. The second-order valence-electron chi connectivity index (χ2n) is 7.71. The average molecular weight is 452 g/mol. The molecule has 9 heteroatoms. The van der Waals surface area contributed by atoms with E-state index in [0.29, 0.717) is 23.8 Å². The highest BCUT2D eigenvalue weighted by Gasteiger charge is 2.28. The number of amides is 3. The van der Waals surface area contributed by atoms with Crippen LogP contribution in [0.4, 0.5) is 16.2 Å².